The number of rotatable bonds is 11. The van der Waals surface area contributed by atoms with Gasteiger partial charge in [0.2, 0.25) is 5.91 Å². The Morgan fingerprint density at radius 3 is 2.40 bits per heavy atom. The number of carbonyl (C=O) groups is 2. The molecule has 1 aliphatic heterocycles. The number of amides is 2. The van der Waals surface area contributed by atoms with Gasteiger partial charge in [-0.3, -0.25) is 14.4 Å². The van der Waals surface area contributed by atoms with Gasteiger partial charge < -0.3 is 20.4 Å². The number of benzene rings is 2. The maximum Gasteiger partial charge on any atom is 0.272 e. The number of H-pyrrole nitrogens is 1. The minimum absolute atomic E-state index is 0.00596. The largest absolute Gasteiger partial charge is 0.338 e. The number of halogens is 1. The highest BCUT2D eigenvalue weighted by atomic mass is 19.1. The topological polar surface area (TPSA) is 110 Å². The molecule has 1 aromatic heterocycles. The van der Waals surface area contributed by atoms with Gasteiger partial charge in [-0.15, -0.1) is 0 Å². The maximum absolute atomic E-state index is 14.8. The van der Waals surface area contributed by atoms with E-state index in [1.807, 2.05) is 19.2 Å². The lowest BCUT2D eigenvalue weighted by molar-refractivity contribution is -0.131. The third kappa shape index (κ3) is 7.31. The van der Waals surface area contributed by atoms with Crippen molar-refractivity contribution in [2.24, 2.45) is 5.41 Å². The Morgan fingerprint density at radius 2 is 1.68 bits per heavy atom. The van der Waals surface area contributed by atoms with Gasteiger partial charge in [-0.2, -0.15) is 5.10 Å². The Labute approximate surface area is 234 Å². The van der Waals surface area contributed by atoms with Crippen LogP contribution in [0.4, 0.5) is 4.39 Å². The van der Waals surface area contributed by atoms with Gasteiger partial charge >= 0.3 is 0 Å². The summed E-state index contributed by atoms with van der Waals surface area (Å²) in [5, 5.41) is 14.4. The molecule has 0 bridgehead atoms. The van der Waals surface area contributed by atoms with Crippen LogP contribution in [-0.4, -0.2) is 84.7 Å². The number of nitrogens with zero attached hydrogens (tertiary/aromatic N) is 3. The maximum atomic E-state index is 14.8. The lowest BCUT2D eigenvalue weighted by Gasteiger charge is -2.35. The van der Waals surface area contributed by atoms with Crippen molar-refractivity contribution >= 4 is 22.6 Å². The number of carbonyl (C=O) groups excluding carboxylic acids is 2. The van der Waals surface area contributed by atoms with E-state index in [1.165, 1.54) is 6.07 Å². The molecule has 10 heteroatoms. The van der Waals surface area contributed by atoms with Crippen molar-refractivity contribution in [2.45, 2.75) is 33.1 Å². The standard InChI is InChI=1S/C30H39FN6O3/c1-30(2,10-12-32-3)11-13-33-20-27(38)36-14-16-37(17-15-36)29(40)24-18-21(8-9-25(24)31)19-26-22-6-4-5-7-23(22)28(39)35-34-26/h4-9,18,32-33H,10-17,19-20H2,1-3H3,(H,35,39). The summed E-state index contributed by atoms with van der Waals surface area (Å²) in [6.45, 7) is 7.96. The number of aromatic nitrogens is 2. The van der Waals surface area contributed by atoms with E-state index in [2.05, 4.69) is 34.7 Å². The van der Waals surface area contributed by atoms with E-state index in [4.69, 9.17) is 0 Å². The van der Waals surface area contributed by atoms with Crippen molar-refractivity contribution in [2.75, 3.05) is 52.9 Å². The molecule has 2 heterocycles. The van der Waals surface area contributed by atoms with Gasteiger partial charge in [-0.25, -0.2) is 9.49 Å². The summed E-state index contributed by atoms with van der Waals surface area (Å²) in [5.41, 5.74) is 1.27. The smallest absolute Gasteiger partial charge is 0.272 e. The van der Waals surface area contributed by atoms with Crippen LogP contribution in [0.5, 0.6) is 0 Å². The highest BCUT2D eigenvalue weighted by Gasteiger charge is 2.26. The molecule has 1 fully saturated rings. The van der Waals surface area contributed by atoms with Gasteiger partial charge in [0.1, 0.15) is 5.82 Å². The Balaban J connectivity index is 1.32. The van der Waals surface area contributed by atoms with E-state index >= 15 is 0 Å². The van der Waals surface area contributed by atoms with Crippen molar-refractivity contribution in [3.8, 4) is 0 Å². The number of hydrogen-bond donors (Lipinski definition) is 3. The first kappa shape index (κ1) is 29.4. The van der Waals surface area contributed by atoms with Gasteiger partial charge in [0.05, 0.1) is 23.2 Å². The summed E-state index contributed by atoms with van der Waals surface area (Å²) in [6.07, 6.45) is 2.38. The predicted molar refractivity (Wildman–Crippen MR) is 154 cm³/mol. The van der Waals surface area contributed by atoms with Crippen molar-refractivity contribution in [1.29, 1.82) is 0 Å². The minimum Gasteiger partial charge on any atom is -0.338 e. The van der Waals surface area contributed by atoms with E-state index in [1.54, 1.807) is 34.1 Å². The average molecular weight is 551 g/mol. The fraction of sp³-hybridized carbons (Fsp3) is 0.467. The van der Waals surface area contributed by atoms with Crippen molar-refractivity contribution in [1.82, 2.24) is 30.6 Å². The third-order valence-electron chi connectivity index (χ3n) is 7.63. The molecule has 2 amide bonds. The lowest BCUT2D eigenvalue weighted by atomic mass is 9.85. The summed E-state index contributed by atoms with van der Waals surface area (Å²) in [6, 6.07) is 11.6. The zero-order chi connectivity index (χ0) is 28.7. The zero-order valence-corrected chi connectivity index (χ0v) is 23.6. The molecule has 3 aromatic rings. The van der Waals surface area contributed by atoms with Crippen LogP contribution in [0.3, 0.4) is 0 Å². The normalized spacial score (nSPS) is 14.1. The second-order valence-corrected chi connectivity index (χ2v) is 11.2. The fourth-order valence-corrected chi connectivity index (χ4v) is 5.00. The summed E-state index contributed by atoms with van der Waals surface area (Å²) >= 11 is 0. The van der Waals surface area contributed by atoms with Gasteiger partial charge in [0, 0.05) is 38.0 Å². The molecule has 0 aliphatic carbocycles. The Kier molecular flexibility index (Phi) is 9.65. The summed E-state index contributed by atoms with van der Waals surface area (Å²) in [5.74, 6) is -0.977. The number of fused-ring (bicyclic) bond motifs is 1. The van der Waals surface area contributed by atoms with Crippen LogP contribution in [-0.2, 0) is 11.2 Å². The lowest BCUT2D eigenvalue weighted by Crippen LogP contribution is -2.52. The molecule has 3 N–H and O–H groups in total. The Morgan fingerprint density at radius 1 is 1.00 bits per heavy atom. The molecule has 214 valence electrons. The SMILES string of the molecule is CNCCC(C)(C)CCNCC(=O)N1CCN(C(=O)c2cc(Cc3n[nH]c(=O)c4ccccc34)ccc2F)CC1. The van der Waals surface area contributed by atoms with Gasteiger partial charge in [0.15, 0.2) is 0 Å². The number of hydrogen-bond acceptors (Lipinski definition) is 6. The summed E-state index contributed by atoms with van der Waals surface area (Å²) < 4.78 is 14.8. The first-order chi connectivity index (χ1) is 19.2. The number of piperazine rings is 1. The molecule has 0 unspecified atom stereocenters. The van der Waals surface area contributed by atoms with Gasteiger partial charge in [-0.05, 0) is 62.2 Å². The van der Waals surface area contributed by atoms with Crippen LogP contribution in [0, 0.1) is 11.2 Å². The van der Waals surface area contributed by atoms with Crippen LogP contribution in [0.2, 0.25) is 0 Å². The molecule has 0 spiro atoms. The quantitative estimate of drug-likeness (QED) is 0.317. The molecule has 0 radical (unpaired) electrons. The van der Waals surface area contributed by atoms with Crippen LogP contribution in [0.1, 0.15) is 48.3 Å². The van der Waals surface area contributed by atoms with Crippen LogP contribution in [0.15, 0.2) is 47.3 Å². The molecule has 2 aromatic carbocycles. The molecule has 9 nitrogen and oxygen atoms in total. The molecule has 0 saturated carbocycles. The Hall–Kier alpha value is -3.63. The monoisotopic (exact) mass is 550 g/mol. The summed E-state index contributed by atoms with van der Waals surface area (Å²) in [7, 11) is 1.95. The molecule has 40 heavy (non-hydrogen) atoms. The van der Waals surface area contributed by atoms with Gasteiger partial charge in [-0.1, -0.05) is 38.1 Å². The first-order valence-corrected chi connectivity index (χ1v) is 13.9. The van der Waals surface area contributed by atoms with Crippen LogP contribution >= 0.6 is 0 Å². The molecular formula is C30H39FN6O3. The first-order valence-electron chi connectivity index (χ1n) is 13.9. The molecule has 1 saturated heterocycles. The van der Waals surface area contributed by atoms with E-state index in [0.717, 1.165) is 31.3 Å². The van der Waals surface area contributed by atoms with Crippen molar-refractivity contribution < 1.29 is 14.0 Å². The molecule has 1 aliphatic rings. The number of nitrogens with one attached hydrogen (secondary N) is 3. The predicted octanol–water partition coefficient (Wildman–Crippen LogP) is 2.55. The second-order valence-electron chi connectivity index (χ2n) is 11.2. The third-order valence-corrected chi connectivity index (χ3v) is 7.63. The number of aromatic amines is 1. The van der Waals surface area contributed by atoms with E-state index in [9.17, 15) is 18.8 Å². The van der Waals surface area contributed by atoms with E-state index in [-0.39, 0.29) is 29.0 Å². The highest BCUT2D eigenvalue weighted by Crippen LogP contribution is 2.23. The van der Waals surface area contributed by atoms with Gasteiger partial charge in [0.25, 0.3) is 11.5 Å². The van der Waals surface area contributed by atoms with Crippen LogP contribution in [0.25, 0.3) is 10.8 Å². The minimum atomic E-state index is -0.589. The summed E-state index contributed by atoms with van der Waals surface area (Å²) in [4.78, 5) is 41.4. The fourth-order valence-electron chi connectivity index (χ4n) is 5.00. The highest BCUT2D eigenvalue weighted by molar-refractivity contribution is 5.95. The second kappa shape index (κ2) is 13.1. The molecule has 0 atom stereocenters. The van der Waals surface area contributed by atoms with Crippen molar-refractivity contribution in [3.05, 3.63) is 75.5 Å². The van der Waals surface area contributed by atoms with Crippen molar-refractivity contribution in [3.63, 3.8) is 0 Å². The average Bonchev–Trinajstić information content (AvgIpc) is 2.96. The molecular weight excluding hydrogens is 511 g/mol. The zero-order valence-electron chi connectivity index (χ0n) is 23.6. The Bertz CT molecular complexity index is 1400. The van der Waals surface area contributed by atoms with Crippen LogP contribution < -0.4 is 16.2 Å². The van der Waals surface area contributed by atoms with E-state index < -0.39 is 11.7 Å². The van der Waals surface area contributed by atoms with E-state index in [0.29, 0.717) is 49.2 Å². The molecule has 4 rings (SSSR count).